The Morgan fingerprint density at radius 1 is 0.893 bits per heavy atom. The standard InChI is InChI=1S/C22H24N2O4/c25-22(14-16-1-4-20-21(13-16)28-12-11-27-20)24-6-5-17-2-3-18(15-19(17)24)23-7-9-26-10-8-23/h1-4,13,15H,5-12,14H2. The Hall–Kier alpha value is -2.73. The first-order valence-electron chi connectivity index (χ1n) is 9.92. The molecule has 2 aromatic carbocycles. The Labute approximate surface area is 164 Å². The van der Waals surface area contributed by atoms with Gasteiger partial charge in [-0.3, -0.25) is 4.79 Å². The van der Waals surface area contributed by atoms with Gasteiger partial charge in [0, 0.05) is 31.0 Å². The van der Waals surface area contributed by atoms with Gasteiger partial charge in [-0.2, -0.15) is 0 Å². The summed E-state index contributed by atoms with van der Waals surface area (Å²) in [5.41, 5.74) is 4.41. The number of morpholine rings is 1. The average Bonchev–Trinajstić information content (AvgIpc) is 3.18. The summed E-state index contributed by atoms with van der Waals surface area (Å²) < 4.78 is 16.7. The Balaban J connectivity index is 1.34. The topological polar surface area (TPSA) is 51.2 Å². The van der Waals surface area contributed by atoms with E-state index in [1.807, 2.05) is 23.1 Å². The number of benzene rings is 2. The first-order chi connectivity index (χ1) is 13.8. The number of amides is 1. The molecule has 3 heterocycles. The van der Waals surface area contributed by atoms with Gasteiger partial charge in [0.15, 0.2) is 11.5 Å². The predicted molar refractivity (Wildman–Crippen MR) is 107 cm³/mol. The van der Waals surface area contributed by atoms with Gasteiger partial charge in [0.25, 0.3) is 0 Å². The monoisotopic (exact) mass is 380 g/mol. The van der Waals surface area contributed by atoms with Crippen molar-refractivity contribution in [3.63, 3.8) is 0 Å². The third-order valence-corrected chi connectivity index (χ3v) is 5.60. The van der Waals surface area contributed by atoms with Crippen LogP contribution in [0.15, 0.2) is 36.4 Å². The summed E-state index contributed by atoms with van der Waals surface area (Å²) in [5.74, 6) is 1.60. The van der Waals surface area contributed by atoms with E-state index in [2.05, 4.69) is 23.1 Å². The molecule has 0 saturated carbocycles. The van der Waals surface area contributed by atoms with Crippen LogP contribution in [0.25, 0.3) is 0 Å². The van der Waals surface area contributed by atoms with Crippen LogP contribution < -0.4 is 19.3 Å². The Kier molecular flexibility index (Phi) is 4.56. The highest BCUT2D eigenvalue weighted by Crippen LogP contribution is 2.34. The van der Waals surface area contributed by atoms with Crippen molar-refractivity contribution in [3.8, 4) is 11.5 Å². The molecule has 1 fully saturated rings. The van der Waals surface area contributed by atoms with Crippen LogP contribution >= 0.6 is 0 Å². The fraction of sp³-hybridized carbons (Fsp3) is 0.409. The normalized spacial score (nSPS) is 18.1. The molecule has 5 rings (SSSR count). The maximum Gasteiger partial charge on any atom is 0.231 e. The zero-order valence-electron chi connectivity index (χ0n) is 15.9. The van der Waals surface area contributed by atoms with Gasteiger partial charge in [0.05, 0.1) is 19.6 Å². The van der Waals surface area contributed by atoms with Gasteiger partial charge in [-0.1, -0.05) is 12.1 Å². The first-order valence-corrected chi connectivity index (χ1v) is 9.92. The van der Waals surface area contributed by atoms with Gasteiger partial charge >= 0.3 is 0 Å². The van der Waals surface area contributed by atoms with Crippen molar-refractivity contribution in [1.29, 1.82) is 0 Å². The van der Waals surface area contributed by atoms with Gasteiger partial charge in [0.1, 0.15) is 13.2 Å². The Morgan fingerprint density at radius 2 is 1.71 bits per heavy atom. The third kappa shape index (κ3) is 3.29. The number of rotatable bonds is 3. The molecule has 6 heteroatoms. The SMILES string of the molecule is O=C(Cc1ccc2c(c1)OCCO2)N1CCc2ccc(N3CCOCC3)cc21. The van der Waals surface area contributed by atoms with Gasteiger partial charge in [0.2, 0.25) is 5.91 Å². The summed E-state index contributed by atoms with van der Waals surface area (Å²) in [6, 6.07) is 12.3. The van der Waals surface area contributed by atoms with E-state index in [4.69, 9.17) is 14.2 Å². The van der Waals surface area contributed by atoms with E-state index in [1.165, 1.54) is 11.3 Å². The highest BCUT2D eigenvalue weighted by atomic mass is 16.6. The minimum Gasteiger partial charge on any atom is -0.486 e. The molecule has 3 aliphatic rings. The third-order valence-electron chi connectivity index (χ3n) is 5.60. The molecular weight excluding hydrogens is 356 g/mol. The minimum absolute atomic E-state index is 0.120. The van der Waals surface area contributed by atoms with Crippen LogP contribution in [-0.4, -0.2) is 52.0 Å². The molecule has 2 aromatic rings. The van der Waals surface area contributed by atoms with Crippen molar-refractivity contribution in [3.05, 3.63) is 47.5 Å². The summed E-state index contributed by atoms with van der Waals surface area (Å²) in [6.07, 6.45) is 1.27. The number of fused-ring (bicyclic) bond motifs is 2. The second-order valence-electron chi connectivity index (χ2n) is 7.36. The zero-order chi connectivity index (χ0) is 18.9. The van der Waals surface area contributed by atoms with Gasteiger partial charge in [-0.15, -0.1) is 0 Å². The van der Waals surface area contributed by atoms with E-state index in [0.717, 1.165) is 62.0 Å². The van der Waals surface area contributed by atoms with Crippen LogP contribution in [0.5, 0.6) is 11.5 Å². The molecule has 0 bridgehead atoms. The summed E-state index contributed by atoms with van der Waals surface area (Å²) >= 11 is 0. The van der Waals surface area contributed by atoms with Crippen LogP contribution in [0.4, 0.5) is 11.4 Å². The van der Waals surface area contributed by atoms with Crippen LogP contribution in [0.1, 0.15) is 11.1 Å². The van der Waals surface area contributed by atoms with Crippen LogP contribution in [0, 0.1) is 0 Å². The quantitative estimate of drug-likeness (QED) is 0.819. The summed E-state index contributed by atoms with van der Waals surface area (Å²) in [4.78, 5) is 17.3. The number of hydrogen-bond donors (Lipinski definition) is 0. The van der Waals surface area contributed by atoms with E-state index < -0.39 is 0 Å². The number of carbonyl (C=O) groups excluding carboxylic acids is 1. The number of hydrogen-bond acceptors (Lipinski definition) is 5. The molecule has 1 amide bonds. The molecule has 3 aliphatic heterocycles. The second kappa shape index (κ2) is 7.36. The lowest BCUT2D eigenvalue weighted by Gasteiger charge is -2.29. The number of anilines is 2. The lowest BCUT2D eigenvalue weighted by molar-refractivity contribution is -0.117. The van der Waals surface area contributed by atoms with Crippen LogP contribution in [0.2, 0.25) is 0 Å². The maximum absolute atomic E-state index is 13.1. The molecule has 0 aromatic heterocycles. The minimum atomic E-state index is 0.120. The molecule has 1 saturated heterocycles. The molecule has 0 N–H and O–H groups in total. The van der Waals surface area contributed by atoms with E-state index in [-0.39, 0.29) is 5.91 Å². The molecule has 0 spiro atoms. The molecule has 0 aliphatic carbocycles. The van der Waals surface area contributed by atoms with Gasteiger partial charge < -0.3 is 24.0 Å². The lowest BCUT2D eigenvalue weighted by Crippen LogP contribution is -2.36. The fourth-order valence-electron chi connectivity index (χ4n) is 4.11. The zero-order valence-corrected chi connectivity index (χ0v) is 15.9. The molecule has 28 heavy (non-hydrogen) atoms. The highest BCUT2D eigenvalue weighted by molar-refractivity contribution is 5.97. The maximum atomic E-state index is 13.1. The van der Waals surface area contributed by atoms with Gasteiger partial charge in [-0.25, -0.2) is 0 Å². The number of nitrogens with zero attached hydrogens (tertiary/aromatic N) is 2. The summed E-state index contributed by atoms with van der Waals surface area (Å²) in [6.45, 7) is 5.16. The number of ether oxygens (including phenoxy) is 3. The molecule has 0 atom stereocenters. The molecule has 0 unspecified atom stereocenters. The van der Waals surface area contributed by atoms with Crippen molar-refractivity contribution in [2.75, 3.05) is 55.9 Å². The fourth-order valence-corrected chi connectivity index (χ4v) is 4.11. The van der Waals surface area contributed by atoms with Crippen molar-refractivity contribution in [1.82, 2.24) is 0 Å². The summed E-state index contributed by atoms with van der Waals surface area (Å²) in [5, 5.41) is 0. The Morgan fingerprint density at radius 3 is 2.57 bits per heavy atom. The molecular formula is C22H24N2O4. The molecule has 0 radical (unpaired) electrons. The predicted octanol–water partition coefficient (Wildman–Crippen LogP) is 2.43. The van der Waals surface area contributed by atoms with E-state index in [9.17, 15) is 4.79 Å². The van der Waals surface area contributed by atoms with E-state index >= 15 is 0 Å². The van der Waals surface area contributed by atoms with Crippen molar-refractivity contribution in [2.24, 2.45) is 0 Å². The first kappa shape index (κ1) is 17.4. The van der Waals surface area contributed by atoms with E-state index in [1.54, 1.807) is 0 Å². The van der Waals surface area contributed by atoms with Crippen molar-refractivity contribution >= 4 is 17.3 Å². The highest BCUT2D eigenvalue weighted by Gasteiger charge is 2.26. The van der Waals surface area contributed by atoms with Gasteiger partial charge in [-0.05, 0) is 41.8 Å². The van der Waals surface area contributed by atoms with E-state index in [0.29, 0.717) is 19.6 Å². The van der Waals surface area contributed by atoms with Crippen molar-refractivity contribution in [2.45, 2.75) is 12.8 Å². The average molecular weight is 380 g/mol. The molecule has 146 valence electrons. The van der Waals surface area contributed by atoms with Crippen LogP contribution in [-0.2, 0) is 22.4 Å². The summed E-state index contributed by atoms with van der Waals surface area (Å²) in [7, 11) is 0. The largest absolute Gasteiger partial charge is 0.486 e. The van der Waals surface area contributed by atoms with Crippen molar-refractivity contribution < 1.29 is 19.0 Å². The smallest absolute Gasteiger partial charge is 0.231 e. The molecule has 6 nitrogen and oxygen atoms in total. The van der Waals surface area contributed by atoms with Crippen LogP contribution in [0.3, 0.4) is 0 Å². The lowest BCUT2D eigenvalue weighted by atomic mass is 10.1. The number of carbonyl (C=O) groups is 1. The second-order valence-corrected chi connectivity index (χ2v) is 7.36. The Bertz CT molecular complexity index is 892.